The Labute approximate surface area is 120 Å². The van der Waals surface area contributed by atoms with E-state index in [-0.39, 0.29) is 0 Å². The molecule has 1 aromatic carbocycles. The number of halogens is 1. The molecule has 0 saturated heterocycles. The standard InChI is InChI=1S/C15H10ClN3O/c16-14-4-2-1-3-13(14)15-11(10-20)9-19(18-15)12-5-7-17-8-6-12/h1-10H. The van der Waals surface area contributed by atoms with Gasteiger partial charge in [0.1, 0.15) is 5.69 Å². The smallest absolute Gasteiger partial charge is 0.153 e. The minimum Gasteiger partial charge on any atom is -0.298 e. The van der Waals surface area contributed by atoms with Gasteiger partial charge in [0.05, 0.1) is 16.3 Å². The van der Waals surface area contributed by atoms with Gasteiger partial charge in [0.2, 0.25) is 0 Å². The van der Waals surface area contributed by atoms with Gasteiger partial charge in [-0.1, -0.05) is 29.8 Å². The van der Waals surface area contributed by atoms with Crippen molar-refractivity contribution in [1.82, 2.24) is 14.8 Å². The molecule has 98 valence electrons. The number of pyridine rings is 1. The van der Waals surface area contributed by atoms with Crippen molar-refractivity contribution in [2.45, 2.75) is 0 Å². The molecule has 0 atom stereocenters. The highest BCUT2D eigenvalue weighted by atomic mass is 35.5. The van der Waals surface area contributed by atoms with Crippen LogP contribution in [0.15, 0.2) is 55.0 Å². The lowest BCUT2D eigenvalue weighted by molar-refractivity contribution is 0.112. The second-order valence-corrected chi connectivity index (χ2v) is 4.59. The van der Waals surface area contributed by atoms with Crippen molar-refractivity contribution in [3.8, 4) is 16.9 Å². The fourth-order valence-corrected chi connectivity index (χ4v) is 2.19. The minimum atomic E-state index is 0.495. The molecule has 4 nitrogen and oxygen atoms in total. The largest absolute Gasteiger partial charge is 0.298 e. The van der Waals surface area contributed by atoms with Crippen molar-refractivity contribution in [1.29, 1.82) is 0 Å². The first-order valence-corrected chi connectivity index (χ1v) is 6.37. The summed E-state index contributed by atoms with van der Waals surface area (Å²) in [5, 5.41) is 5.02. The molecular formula is C15H10ClN3O. The maximum atomic E-state index is 11.2. The highest BCUT2D eigenvalue weighted by Gasteiger charge is 2.13. The van der Waals surface area contributed by atoms with Crippen molar-refractivity contribution in [3.05, 3.63) is 65.6 Å². The van der Waals surface area contributed by atoms with Crippen LogP contribution in [0.5, 0.6) is 0 Å². The number of aldehydes is 1. The third-order valence-corrected chi connectivity index (χ3v) is 3.26. The zero-order chi connectivity index (χ0) is 13.9. The van der Waals surface area contributed by atoms with Gasteiger partial charge in [0.15, 0.2) is 6.29 Å². The van der Waals surface area contributed by atoms with Crippen molar-refractivity contribution in [3.63, 3.8) is 0 Å². The molecule has 0 saturated carbocycles. The van der Waals surface area contributed by atoms with Crippen molar-refractivity contribution in [2.75, 3.05) is 0 Å². The third-order valence-electron chi connectivity index (χ3n) is 2.93. The normalized spacial score (nSPS) is 10.4. The van der Waals surface area contributed by atoms with Crippen molar-refractivity contribution < 1.29 is 4.79 Å². The van der Waals surface area contributed by atoms with Crippen molar-refractivity contribution in [2.24, 2.45) is 0 Å². The molecule has 2 aromatic heterocycles. The van der Waals surface area contributed by atoms with Crippen LogP contribution in [0.2, 0.25) is 5.02 Å². The maximum Gasteiger partial charge on any atom is 0.153 e. The lowest BCUT2D eigenvalue weighted by Crippen LogP contribution is -1.94. The molecule has 3 rings (SSSR count). The molecule has 0 spiro atoms. The highest BCUT2D eigenvalue weighted by molar-refractivity contribution is 6.33. The van der Waals surface area contributed by atoms with Gasteiger partial charge >= 0.3 is 0 Å². The van der Waals surface area contributed by atoms with E-state index in [0.717, 1.165) is 17.5 Å². The lowest BCUT2D eigenvalue weighted by Gasteiger charge is -2.01. The van der Waals surface area contributed by atoms with E-state index in [0.29, 0.717) is 16.3 Å². The summed E-state index contributed by atoms with van der Waals surface area (Å²) in [4.78, 5) is 15.2. The second-order valence-electron chi connectivity index (χ2n) is 4.18. The highest BCUT2D eigenvalue weighted by Crippen LogP contribution is 2.28. The summed E-state index contributed by atoms with van der Waals surface area (Å²) in [6.45, 7) is 0. The number of carbonyl (C=O) groups excluding carboxylic acids is 1. The van der Waals surface area contributed by atoms with Gasteiger partial charge in [-0.2, -0.15) is 5.10 Å². The average Bonchev–Trinajstić information content (AvgIpc) is 2.93. The van der Waals surface area contributed by atoms with Gasteiger partial charge in [-0.05, 0) is 18.2 Å². The van der Waals surface area contributed by atoms with Gasteiger partial charge in [-0.25, -0.2) is 4.68 Å². The molecule has 0 aliphatic heterocycles. The number of benzene rings is 1. The molecular weight excluding hydrogens is 274 g/mol. The molecule has 20 heavy (non-hydrogen) atoms. The average molecular weight is 284 g/mol. The van der Waals surface area contributed by atoms with Crippen LogP contribution in [0, 0.1) is 0 Å². The van der Waals surface area contributed by atoms with Crippen LogP contribution < -0.4 is 0 Å². The number of aromatic nitrogens is 3. The fourth-order valence-electron chi connectivity index (χ4n) is 1.97. The molecule has 3 aromatic rings. The Balaban J connectivity index is 2.16. The Morgan fingerprint density at radius 2 is 1.85 bits per heavy atom. The monoisotopic (exact) mass is 283 g/mol. The molecule has 5 heteroatoms. The first kappa shape index (κ1) is 12.6. The van der Waals surface area contributed by atoms with Crippen LogP contribution in [0.25, 0.3) is 16.9 Å². The van der Waals surface area contributed by atoms with E-state index in [2.05, 4.69) is 10.1 Å². The number of hydrogen-bond acceptors (Lipinski definition) is 3. The molecule has 0 aliphatic carbocycles. The van der Waals surface area contributed by atoms with Crippen LogP contribution in [0.3, 0.4) is 0 Å². The van der Waals surface area contributed by atoms with E-state index in [4.69, 9.17) is 11.6 Å². The topological polar surface area (TPSA) is 47.8 Å². The molecule has 2 heterocycles. The van der Waals surface area contributed by atoms with E-state index in [1.807, 2.05) is 30.3 Å². The number of hydrogen-bond donors (Lipinski definition) is 0. The number of rotatable bonds is 3. The van der Waals surface area contributed by atoms with Crippen LogP contribution >= 0.6 is 11.6 Å². The summed E-state index contributed by atoms with van der Waals surface area (Å²) in [6.07, 6.45) is 5.81. The van der Waals surface area contributed by atoms with Crippen LogP contribution in [0.1, 0.15) is 10.4 Å². The first-order valence-electron chi connectivity index (χ1n) is 6.00. The minimum absolute atomic E-state index is 0.495. The molecule has 0 amide bonds. The predicted molar refractivity (Wildman–Crippen MR) is 77.2 cm³/mol. The number of carbonyl (C=O) groups is 1. The fraction of sp³-hybridized carbons (Fsp3) is 0. The summed E-state index contributed by atoms with van der Waals surface area (Å²) in [6, 6.07) is 11.0. The van der Waals surface area contributed by atoms with Gasteiger partial charge in [0, 0.05) is 24.2 Å². The van der Waals surface area contributed by atoms with Gasteiger partial charge < -0.3 is 0 Å². The van der Waals surface area contributed by atoms with E-state index < -0.39 is 0 Å². The van der Waals surface area contributed by atoms with E-state index in [9.17, 15) is 4.79 Å². The summed E-state index contributed by atoms with van der Waals surface area (Å²) in [7, 11) is 0. The zero-order valence-corrected chi connectivity index (χ0v) is 11.2. The van der Waals surface area contributed by atoms with Crippen molar-refractivity contribution >= 4 is 17.9 Å². The molecule has 0 fully saturated rings. The van der Waals surface area contributed by atoms with Gasteiger partial charge in [-0.15, -0.1) is 0 Å². The quantitative estimate of drug-likeness (QED) is 0.692. The van der Waals surface area contributed by atoms with Crippen LogP contribution in [-0.2, 0) is 0 Å². The van der Waals surface area contributed by atoms with E-state index >= 15 is 0 Å². The second kappa shape index (κ2) is 5.27. The molecule has 0 bridgehead atoms. The zero-order valence-electron chi connectivity index (χ0n) is 10.4. The van der Waals surface area contributed by atoms with Crippen LogP contribution in [-0.4, -0.2) is 21.1 Å². The first-order chi connectivity index (χ1) is 9.79. The Kier molecular flexibility index (Phi) is 3.31. The summed E-state index contributed by atoms with van der Waals surface area (Å²) >= 11 is 6.17. The molecule has 0 unspecified atom stereocenters. The van der Waals surface area contributed by atoms with E-state index in [1.165, 1.54) is 0 Å². The molecule has 0 radical (unpaired) electrons. The van der Waals surface area contributed by atoms with E-state index in [1.54, 1.807) is 29.3 Å². The Morgan fingerprint density at radius 3 is 2.55 bits per heavy atom. The summed E-state index contributed by atoms with van der Waals surface area (Å²) in [5.74, 6) is 0. The Bertz CT molecular complexity index is 753. The Morgan fingerprint density at radius 1 is 1.10 bits per heavy atom. The summed E-state index contributed by atoms with van der Waals surface area (Å²) in [5.41, 5.74) is 2.64. The lowest BCUT2D eigenvalue weighted by atomic mass is 10.1. The van der Waals surface area contributed by atoms with Gasteiger partial charge in [-0.3, -0.25) is 9.78 Å². The maximum absolute atomic E-state index is 11.2. The third kappa shape index (κ3) is 2.21. The predicted octanol–water partition coefficient (Wildman–Crippen LogP) is 3.40. The van der Waals surface area contributed by atoms with Gasteiger partial charge in [0.25, 0.3) is 0 Å². The van der Waals surface area contributed by atoms with Crippen LogP contribution in [0.4, 0.5) is 0 Å². The Hall–Kier alpha value is -2.46. The molecule has 0 aliphatic rings. The number of nitrogens with zero attached hydrogens (tertiary/aromatic N) is 3. The SMILES string of the molecule is O=Cc1cn(-c2ccncc2)nc1-c1ccccc1Cl. The molecule has 0 N–H and O–H groups in total. The summed E-state index contributed by atoms with van der Waals surface area (Å²) < 4.78 is 1.64.